The van der Waals surface area contributed by atoms with Gasteiger partial charge in [0.2, 0.25) is 0 Å². The van der Waals surface area contributed by atoms with Gasteiger partial charge < -0.3 is 10.5 Å². The molecular weight excluding hydrogens is 216 g/mol. The number of rotatable bonds is 2. The molecule has 4 nitrogen and oxygen atoms in total. The molecule has 17 heavy (non-hydrogen) atoms. The van der Waals surface area contributed by atoms with E-state index in [0.717, 1.165) is 10.8 Å². The van der Waals surface area contributed by atoms with Crippen LogP contribution in [0, 0.1) is 0 Å². The number of ether oxygens (including phenoxy) is 1. The van der Waals surface area contributed by atoms with Crippen LogP contribution in [0.25, 0.3) is 10.8 Å². The summed E-state index contributed by atoms with van der Waals surface area (Å²) in [4.78, 5) is 15.8. The van der Waals surface area contributed by atoms with Gasteiger partial charge in [-0.1, -0.05) is 6.07 Å². The highest BCUT2D eigenvalue weighted by Gasteiger charge is 2.14. The number of hydrogen-bond donors (Lipinski definition) is 1. The third-order valence-corrected chi connectivity index (χ3v) is 2.43. The highest BCUT2D eigenvalue weighted by molar-refractivity contribution is 6.05. The molecule has 0 fully saturated rings. The number of pyridine rings is 1. The predicted molar refractivity (Wildman–Crippen MR) is 66.7 cm³/mol. The molecule has 0 unspecified atom stereocenters. The predicted octanol–water partition coefficient (Wildman–Crippen LogP) is 2.38. The van der Waals surface area contributed by atoms with Crippen molar-refractivity contribution in [2.75, 3.05) is 5.73 Å². The second-order valence-electron chi connectivity index (χ2n) is 4.08. The minimum Gasteiger partial charge on any atom is -0.459 e. The van der Waals surface area contributed by atoms with Gasteiger partial charge in [0, 0.05) is 17.8 Å². The molecule has 0 aliphatic heterocycles. The van der Waals surface area contributed by atoms with E-state index >= 15 is 0 Å². The SMILES string of the molecule is CC(C)OC(=O)c1ccc2ccncc2c1N. The fraction of sp³-hybridized carbons (Fsp3) is 0.231. The molecule has 2 rings (SSSR count). The number of anilines is 1. The topological polar surface area (TPSA) is 65.2 Å². The maximum Gasteiger partial charge on any atom is 0.340 e. The maximum atomic E-state index is 11.8. The molecule has 0 bridgehead atoms. The zero-order chi connectivity index (χ0) is 12.4. The van der Waals surface area contributed by atoms with Crippen molar-refractivity contribution in [3.05, 3.63) is 36.2 Å². The summed E-state index contributed by atoms with van der Waals surface area (Å²) in [7, 11) is 0. The Labute approximate surface area is 99.4 Å². The number of aromatic nitrogens is 1. The van der Waals surface area contributed by atoms with Crippen LogP contribution in [0.1, 0.15) is 24.2 Å². The third-order valence-electron chi connectivity index (χ3n) is 2.43. The summed E-state index contributed by atoms with van der Waals surface area (Å²) in [5, 5.41) is 1.73. The van der Waals surface area contributed by atoms with Crippen LogP contribution in [0.2, 0.25) is 0 Å². The lowest BCUT2D eigenvalue weighted by molar-refractivity contribution is 0.0379. The summed E-state index contributed by atoms with van der Waals surface area (Å²) in [6.45, 7) is 3.60. The molecule has 2 N–H and O–H groups in total. The maximum absolute atomic E-state index is 11.8. The Balaban J connectivity index is 2.49. The molecule has 0 radical (unpaired) electrons. The number of nitrogens with two attached hydrogens (primary N) is 1. The minimum absolute atomic E-state index is 0.161. The van der Waals surface area contributed by atoms with Crippen molar-refractivity contribution in [3.8, 4) is 0 Å². The van der Waals surface area contributed by atoms with E-state index < -0.39 is 5.97 Å². The van der Waals surface area contributed by atoms with E-state index in [-0.39, 0.29) is 6.10 Å². The Morgan fingerprint density at radius 1 is 1.35 bits per heavy atom. The van der Waals surface area contributed by atoms with Crippen LogP contribution in [0.15, 0.2) is 30.6 Å². The lowest BCUT2D eigenvalue weighted by atomic mass is 10.1. The first-order valence-corrected chi connectivity index (χ1v) is 5.43. The van der Waals surface area contributed by atoms with Crippen molar-refractivity contribution in [1.82, 2.24) is 4.98 Å². The van der Waals surface area contributed by atoms with E-state index in [0.29, 0.717) is 11.3 Å². The summed E-state index contributed by atoms with van der Waals surface area (Å²) in [6, 6.07) is 5.37. The fourth-order valence-electron chi connectivity index (χ4n) is 1.64. The second-order valence-corrected chi connectivity index (χ2v) is 4.08. The van der Waals surface area contributed by atoms with Crippen molar-refractivity contribution >= 4 is 22.4 Å². The first kappa shape index (κ1) is 11.4. The van der Waals surface area contributed by atoms with Crippen molar-refractivity contribution in [3.63, 3.8) is 0 Å². The van der Waals surface area contributed by atoms with Gasteiger partial charge in [0.25, 0.3) is 0 Å². The molecular formula is C13H14N2O2. The van der Waals surface area contributed by atoms with Crippen LogP contribution in [0.3, 0.4) is 0 Å². The van der Waals surface area contributed by atoms with Gasteiger partial charge in [-0.05, 0) is 31.4 Å². The van der Waals surface area contributed by atoms with Gasteiger partial charge in [-0.2, -0.15) is 0 Å². The number of benzene rings is 1. The molecule has 1 heterocycles. The van der Waals surface area contributed by atoms with Crippen molar-refractivity contribution in [2.24, 2.45) is 0 Å². The highest BCUT2D eigenvalue weighted by Crippen LogP contribution is 2.24. The molecule has 0 amide bonds. The molecule has 2 aromatic rings. The van der Waals surface area contributed by atoms with Crippen LogP contribution in [0.5, 0.6) is 0 Å². The molecule has 88 valence electrons. The van der Waals surface area contributed by atoms with Gasteiger partial charge in [-0.3, -0.25) is 4.98 Å². The second kappa shape index (κ2) is 4.41. The average molecular weight is 230 g/mol. The Hall–Kier alpha value is -2.10. The van der Waals surface area contributed by atoms with Gasteiger partial charge >= 0.3 is 5.97 Å². The fourth-order valence-corrected chi connectivity index (χ4v) is 1.64. The first-order chi connectivity index (χ1) is 8.09. The molecule has 0 saturated heterocycles. The van der Waals surface area contributed by atoms with Crippen LogP contribution in [0.4, 0.5) is 5.69 Å². The van der Waals surface area contributed by atoms with Gasteiger partial charge in [0.15, 0.2) is 0 Å². The summed E-state index contributed by atoms with van der Waals surface area (Å²) in [6.07, 6.45) is 3.18. The number of nitrogen functional groups attached to an aromatic ring is 1. The van der Waals surface area contributed by atoms with Crippen LogP contribution >= 0.6 is 0 Å². The lowest BCUT2D eigenvalue weighted by Crippen LogP contribution is -2.13. The largest absolute Gasteiger partial charge is 0.459 e. The summed E-state index contributed by atoms with van der Waals surface area (Å²) in [5.74, 6) is -0.400. The highest BCUT2D eigenvalue weighted by atomic mass is 16.5. The molecule has 0 spiro atoms. The van der Waals surface area contributed by atoms with Crippen molar-refractivity contribution in [2.45, 2.75) is 20.0 Å². The van der Waals surface area contributed by atoms with Crippen LogP contribution in [-0.2, 0) is 4.74 Å². The Morgan fingerprint density at radius 2 is 2.12 bits per heavy atom. The van der Waals surface area contributed by atoms with E-state index in [1.807, 2.05) is 12.1 Å². The van der Waals surface area contributed by atoms with E-state index in [4.69, 9.17) is 10.5 Å². The first-order valence-electron chi connectivity index (χ1n) is 5.43. The van der Waals surface area contributed by atoms with Crippen LogP contribution in [-0.4, -0.2) is 17.1 Å². The minimum atomic E-state index is -0.400. The molecule has 1 aromatic carbocycles. The molecule has 0 aliphatic carbocycles. The third kappa shape index (κ3) is 2.20. The summed E-state index contributed by atoms with van der Waals surface area (Å²) in [5.41, 5.74) is 6.76. The Morgan fingerprint density at radius 3 is 2.82 bits per heavy atom. The quantitative estimate of drug-likeness (QED) is 0.635. The molecule has 0 aliphatic rings. The molecule has 4 heteroatoms. The van der Waals surface area contributed by atoms with Gasteiger partial charge in [0.1, 0.15) is 0 Å². The number of hydrogen-bond acceptors (Lipinski definition) is 4. The van der Waals surface area contributed by atoms with Gasteiger partial charge in [-0.15, -0.1) is 0 Å². The van der Waals surface area contributed by atoms with Crippen LogP contribution < -0.4 is 5.73 Å². The monoisotopic (exact) mass is 230 g/mol. The number of nitrogens with zero attached hydrogens (tertiary/aromatic N) is 1. The smallest absolute Gasteiger partial charge is 0.340 e. The standard InChI is InChI=1S/C13H14N2O2/c1-8(2)17-13(16)10-4-3-9-5-6-15-7-11(9)12(10)14/h3-8H,14H2,1-2H3. The summed E-state index contributed by atoms with van der Waals surface area (Å²) < 4.78 is 5.13. The zero-order valence-corrected chi connectivity index (χ0v) is 9.81. The van der Waals surface area contributed by atoms with Gasteiger partial charge in [0.05, 0.1) is 17.4 Å². The Bertz CT molecular complexity index is 564. The number of carbonyl (C=O) groups excluding carboxylic acids is 1. The van der Waals surface area contributed by atoms with Crippen molar-refractivity contribution in [1.29, 1.82) is 0 Å². The molecule has 0 saturated carbocycles. The van der Waals surface area contributed by atoms with E-state index in [2.05, 4.69) is 4.98 Å². The van der Waals surface area contributed by atoms with E-state index in [1.165, 1.54) is 0 Å². The number of carbonyl (C=O) groups is 1. The summed E-state index contributed by atoms with van der Waals surface area (Å²) >= 11 is 0. The van der Waals surface area contributed by atoms with Gasteiger partial charge in [-0.25, -0.2) is 4.79 Å². The molecule has 0 atom stereocenters. The average Bonchev–Trinajstić information content (AvgIpc) is 2.28. The number of fused-ring (bicyclic) bond motifs is 1. The zero-order valence-electron chi connectivity index (χ0n) is 9.81. The Kier molecular flexibility index (Phi) is 2.95. The number of esters is 1. The van der Waals surface area contributed by atoms with Crippen molar-refractivity contribution < 1.29 is 9.53 Å². The molecule has 1 aromatic heterocycles. The van der Waals surface area contributed by atoms with E-state index in [9.17, 15) is 4.79 Å². The normalized spacial score (nSPS) is 10.8. The van der Waals surface area contributed by atoms with E-state index in [1.54, 1.807) is 32.3 Å². The lowest BCUT2D eigenvalue weighted by Gasteiger charge is -2.11.